The Balaban J connectivity index is 1.26. The maximum absolute atomic E-state index is 15.3. The summed E-state index contributed by atoms with van der Waals surface area (Å²) in [7, 11) is 0. The molecule has 3 heterocycles. The molecule has 202 valence electrons. The lowest BCUT2D eigenvalue weighted by Gasteiger charge is -2.45. The van der Waals surface area contributed by atoms with Crippen LogP contribution in [0.25, 0.3) is 10.9 Å². The lowest BCUT2D eigenvalue weighted by Crippen LogP contribution is -2.57. The number of carbonyl (C=O) groups is 3. The summed E-state index contributed by atoms with van der Waals surface area (Å²) in [5.74, 6) is -1.08. The van der Waals surface area contributed by atoms with Crippen molar-refractivity contribution < 1.29 is 23.5 Å². The second-order valence-electron chi connectivity index (χ2n) is 10.5. The molecule has 1 aromatic heterocycles. The highest BCUT2D eigenvalue weighted by atomic mass is 35.5. The van der Waals surface area contributed by atoms with Crippen molar-refractivity contribution in [3.8, 4) is 0 Å². The van der Waals surface area contributed by atoms with Gasteiger partial charge in [-0.1, -0.05) is 24.4 Å². The van der Waals surface area contributed by atoms with Crippen LogP contribution >= 0.6 is 11.6 Å². The number of amides is 3. The number of hydrogen-bond donors (Lipinski definition) is 3. The molecule has 2 fully saturated rings. The van der Waals surface area contributed by atoms with Crippen molar-refractivity contribution in [3.63, 3.8) is 0 Å². The number of anilines is 1. The van der Waals surface area contributed by atoms with Crippen molar-refractivity contribution in [2.45, 2.75) is 43.7 Å². The van der Waals surface area contributed by atoms with Crippen molar-refractivity contribution in [1.82, 2.24) is 15.2 Å². The van der Waals surface area contributed by atoms with E-state index in [-0.39, 0.29) is 34.3 Å². The van der Waals surface area contributed by atoms with Gasteiger partial charge >= 0.3 is 6.09 Å². The van der Waals surface area contributed by atoms with Crippen molar-refractivity contribution >= 4 is 46.1 Å². The molecule has 2 aliphatic heterocycles. The van der Waals surface area contributed by atoms with Gasteiger partial charge < -0.3 is 19.9 Å². The Morgan fingerprint density at radius 2 is 2.00 bits per heavy atom. The third-order valence-corrected chi connectivity index (χ3v) is 7.99. The zero-order chi connectivity index (χ0) is 27.3. The Hall–Kier alpha value is -3.92. The molecule has 0 bridgehead atoms. The maximum Gasteiger partial charge on any atom is 0.412 e. The number of pyridine rings is 1. The maximum atomic E-state index is 15.3. The molecule has 0 unspecified atom stereocenters. The molecule has 2 aromatic carbocycles. The van der Waals surface area contributed by atoms with E-state index >= 15 is 4.39 Å². The Labute approximate surface area is 227 Å². The highest BCUT2D eigenvalue weighted by molar-refractivity contribution is 6.31. The number of piperidine rings is 1. The molecule has 3 aromatic rings. The number of H-pyrrole nitrogens is 1. The number of ether oxygens (including phenoxy) is 1. The van der Waals surface area contributed by atoms with Gasteiger partial charge in [0.05, 0.1) is 22.8 Å². The summed E-state index contributed by atoms with van der Waals surface area (Å²) in [4.78, 5) is 55.3. The number of aromatic amines is 1. The number of carbonyl (C=O) groups excluding carboxylic acids is 3. The van der Waals surface area contributed by atoms with Crippen LogP contribution in [0.1, 0.15) is 48.0 Å². The van der Waals surface area contributed by atoms with Crippen molar-refractivity contribution in [2.24, 2.45) is 5.92 Å². The molecule has 1 spiro atoms. The molecule has 6 rings (SSSR count). The number of rotatable bonds is 5. The lowest BCUT2D eigenvalue weighted by atomic mass is 9.82. The van der Waals surface area contributed by atoms with Gasteiger partial charge in [-0.15, -0.1) is 0 Å². The first-order valence-electron chi connectivity index (χ1n) is 12.9. The van der Waals surface area contributed by atoms with Gasteiger partial charge in [0, 0.05) is 23.7 Å². The van der Waals surface area contributed by atoms with E-state index in [1.165, 1.54) is 18.2 Å². The van der Waals surface area contributed by atoms with Crippen molar-refractivity contribution in [2.75, 3.05) is 18.4 Å². The molecule has 11 heteroatoms. The molecule has 1 saturated carbocycles. The predicted molar refractivity (Wildman–Crippen MR) is 142 cm³/mol. The number of benzene rings is 2. The third-order valence-electron chi connectivity index (χ3n) is 7.70. The van der Waals surface area contributed by atoms with Crippen LogP contribution in [-0.2, 0) is 15.1 Å². The van der Waals surface area contributed by atoms with Crippen LogP contribution in [0.15, 0.2) is 47.3 Å². The van der Waals surface area contributed by atoms with Crippen LogP contribution < -0.4 is 16.2 Å². The summed E-state index contributed by atoms with van der Waals surface area (Å²) in [5.41, 5.74) is -0.266. The van der Waals surface area contributed by atoms with E-state index in [1.807, 2.05) is 0 Å². The van der Waals surface area contributed by atoms with Gasteiger partial charge in [0.25, 0.3) is 5.91 Å². The smallest absolute Gasteiger partial charge is 0.412 e. The molecule has 2 atom stereocenters. The average Bonchev–Trinajstić information content (AvgIpc) is 3.73. The largest absolute Gasteiger partial charge is 0.436 e. The summed E-state index contributed by atoms with van der Waals surface area (Å²) in [6, 6.07) is 10.0. The molecular weight excluding hydrogens is 527 g/mol. The molecular formula is C28H26ClFN4O5. The third kappa shape index (κ3) is 4.85. The zero-order valence-corrected chi connectivity index (χ0v) is 21.6. The Morgan fingerprint density at radius 1 is 1.18 bits per heavy atom. The van der Waals surface area contributed by atoms with Gasteiger partial charge in [-0.2, -0.15) is 0 Å². The topological polar surface area (TPSA) is 121 Å². The normalized spacial score (nSPS) is 21.2. The summed E-state index contributed by atoms with van der Waals surface area (Å²) in [6.45, 7) is 0.327. The highest BCUT2D eigenvalue weighted by Crippen LogP contribution is 2.45. The van der Waals surface area contributed by atoms with E-state index in [0.717, 1.165) is 12.8 Å². The summed E-state index contributed by atoms with van der Waals surface area (Å²) in [5, 5.41) is 6.01. The first-order chi connectivity index (χ1) is 18.7. The van der Waals surface area contributed by atoms with E-state index in [9.17, 15) is 19.2 Å². The summed E-state index contributed by atoms with van der Waals surface area (Å²) in [6.07, 6.45) is 2.51. The Morgan fingerprint density at radius 3 is 2.79 bits per heavy atom. The number of hydrogen-bond acceptors (Lipinski definition) is 5. The van der Waals surface area contributed by atoms with E-state index in [4.69, 9.17) is 16.3 Å². The quantitative estimate of drug-likeness (QED) is 0.436. The monoisotopic (exact) mass is 552 g/mol. The lowest BCUT2D eigenvalue weighted by molar-refractivity contribution is -0.141. The Bertz CT molecular complexity index is 1570. The molecule has 9 nitrogen and oxygen atoms in total. The first-order valence-corrected chi connectivity index (χ1v) is 13.3. The zero-order valence-electron chi connectivity index (χ0n) is 20.9. The van der Waals surface area contributed by atoms with Crippen LogP contribution in [0.5, 0.6) is 0 Å². The average molecular weight is 553 g/mol. The van der Waals surface area contributed by atoms with Gasteiger partial charge in [-0.05, 0) is 67.0 Å². The molecule has 3 N–H and O–H groups in total. The number of halogens is 2. The fraction of sp³-hybridized carbons (Fsp3) is 0.357. The van der Waals surface area contributed by atoms with Crippen LogP contribution in [-0.4, -0.2) is 46.9 Å². The number of fused-ring (bicyclic) bond motifs is 3. The molecule has 0 radical (unpaired) electrons. The van der Waals surface area contributed by atoms with E-state index in [1.54, 1.807) is 29.2 Å². The molecule has 3 aliphatic rings. The van der Waals surface area contributed by atoms with Crippen LogP contribution in [0.4, 0.5) is 14.9 Å². The minimum Gasteiger partial charge on any atom is -0.436 e. The van der Waals surface area contributed by atoms with Crippen LogP contribution in [0, 0.1) is 11.7 Å². The number of aromatic nitrogens is 1. The molecule has 1 saturated heterocycles. The Kier molecular flexibility index (Phi) is 6.29. The van der Waals surface area contributed by atoms with E-state index in [2.05, 4.69) is 15.6 Å². The van der Waals surface area contributed by atoms with E-state index < -0.39 is 29.5 Å². The number of likely N-dealkylation sites (tertiary alicyclic amines) is 1. The SMILES string of the molecule is O=C1Nc2ccc(Cl)c(F)c2[C@@]2(CCCN(C(=O)[C@H](CC3CC3)NC(=O)c3ccc4[nH]c(=O)ccc4c3)C2)O1. The summed E-state index contributed by atoms with van der Waals surface area (Å²) < 4.78 is 20.9. The second-order valence-corrected chi connectivity index (χ2v) is 10.9. The predicted octanol–water partition coefficient (Wildman–Crippen LogP) is 4.30. The molecule has 39 heavy (non-hydrogen) atoms. The fourth-order valence-corrected chi connectivity index (χ4v) is 5.78. The van der Waals surface area contributed by atoms with Gasteiger partial charge in [0.15, 0.2) is 11.4 Å². The second kappa shape index (κ2) is 9.68. The molecule has 3 amide bonds. The first kappa shape index (κ1) is 25.4. The van der Waals surface area contributed by atoms with Gasteiger partial charge in [0.1, 0.15) is 6.04 Å². The van der Waals surface area contributed by atoms with Gasteiger partial charge in [0.2, 0.25) is 11.5 Å². The minimum atomic E-state index is -1.38. The van der Waals surface area contributed by atoms with Gasteiger partial charge in [-0.3, -0.25) is 19.7 Å². The number of nitrogens with zero attached hydrogens (tertiary/aromatic N) is 1. The standard InChI is InChI=1S/C28H26ClFN4O5/c29-18-6-8-20-23(24(18)30)28(39-27(38)33-20)10-1-11-34(14-28)26(37)21(12-15-2-3-15)32-25(36)17-4-7-19-16(13-17)5-9-22(35)31-19/h4-9,13,15,21H,1-3,10-12,14H2,(H,31,35)(H,32,36)(H,33,38)/t21-,28-/m0/s1. The minimum absolute atomic E-state index is 0.0517. The van der Waals surface area contributed by atoms with Crippen molar-refractivity contribution in [3.05, 3.63) is 74.8 Å². The highest BCUT2D eigenvalue weighted by Gasteiger charge is 2.49. The fourth-order valence-electron chi connectivity index (χ4n) is 5.63. The van der Waals surface area contributed by atoms with Gasteiger partial charge in [-0.25, -0.2) is 9.18 Å². The van der Waals surface area contributed by atoms with Crippen molar-refractivity contribution in [1.29, 1.82) is 0 Å². The number of nitrogens with one attached hydrogen (secondary N) is 3. The van der Waals surface area contributed by atoms with Crippen LogP contribution in [0.2, 0.25) is 5.02 Å². The van der Waals surface area contributed by atoms with E-state index in [0.29, 0.717) is 48.2 Å². The molecule has 1 aliphatic carbocycles. The van der Waals surface area contributed by atoms with Crippen LogP contribution in [0.3, 0.4) is 0 Å². The summed E-state index contributed by atoms with van der Waals surface area (Å²) >= 11 is 6.07.